The van der Waals surface area contributed by atoms with Gasteiger partial charge in [0.25, 0.3) is 5.56 Å². The van der Waals surface area contributed by atoms with Gasteiger partial charge < -0.3 is 25.3 Å². The number of aromatic nitrogens is 1. The molecule has 2 atom stereocenters. The van der Waals surface area contributed by atoms with Crippen LogP contribution in [0.5, 0.6) is 0 Å². The maximum absolute atomic E-state index is 18.1. The van der Waals surface area contributed by atoms with Crippen molar-refractivity contribution >= 4 is 86.8 Å². The van der Waals surface area contributed by atoms with E-state index in [9.17, 15) is 4.79 Å². The molecule has 5 rings (SSSR count). The Hall–Kier alpha value is -3.97. The van der Waals surface area contributed by atoms with E-state index >= 15 is 13.6 Å². The lowest BCUT2D eigenvalue weighted by Crippen LogP contribution is -2.64. The van der Waals surface area contributed by atoms with E-state index in [1.165, 1.54) is 16.7 Å². The molecule has 2 aliphatic heterocycles. The van der Waals surface area contributed by atoms with Gasteiger partial charge >= 0.3 is 0 Å². The molecule has 10 nitrogen and oxygen atoms in total. The minimum atomic E-state index is -1.02. The molecular formula is C40H49Cl3F2N8O2. The van der Waals surface area contributed by atoms with E-state index < -0.39 is 28.3 Å². The molecule has 0 saturated carbocycles. The molecule has 1 saturated heterocycles. The number of nitrogen functional groups attached to an aromatic ring is 1. The zero-order chi connectivity index (χ0) is 40.8. The number of anilines is 3. The number of carbonyl (C=O) groups excluding carboxylic acids is 1. The molecule has 0 radical (unpaired) electrons. The number of benzene rings is 2. The molecule has 2 aromatic carbocycles. The lowest BCUT2D eigenvalue weighted by atomic mass is 9.94. The molecule has 15 heteroatoms. The van der Waals surface area contributed by atoms with Crippen molar-refractivity contribution < 1.29 is 13.6 Å². The molecule has 1 amide bonds. The number of amides is 1. The Morgan fingerprint density at radius 1 is 1.02 bits per heavy atom. The van der Waals surface area contributed by atoms with Gasteiger partial charge in [0.1, 0.15) is 5.69 Å². The summed E-state index contributed by atoms with van der Waals surface area (Å²) in [7, 11) is 5.56. The van der Waals surface area contributed by atoms with Gasteiger partial charge in [-0.25, -0.2) is 8.78 Å². The fraction of sp³-hybridized carbons (Fsp3) is 0.450. The first-order chi connectivity index (χ1) is 25.9. The lowest BCUT2D eigenvalue weighted by Gasteiger charge is -2.52. The van der Waals surface area contributed by atoms with Crippen molar-refractivity contribution in [2.45, 2.75) is 53.1 Å². The Bertz CT molecular complexity index is 2160. The quantitative estimate of drug-likeness (QED) is 0.0909. The van der Waals surface area contributed by atoms with Crippen LogP contribution in [0.2, 0.25) is 15.1 Å². The van der Waals surface area contributed by atoms with Gasteiger partial charge in [-0.3, -0.25) is 24.1 Å². The predicted molar refractivity (Wildman–Crippen MR) is 227 cm³/mol. The maximum Gasteiger partial charge on any atom is 0.281 e. The number of allylic oxidation sites excluding steroid dienone is 2. The van der Waals surface area contributed by atoms with Gasteiger partial charge in [-0.05, 0) is 70.7 Å². The fourth-order valence-electron chi connectivity index (χ4n) is 7.86. The average Bonchev–Trinajstić information content (AvgIpc) is 3.11. The molecule has 296 valence electrons. The highest BCUT2D eigenvalue weighted by molar-refractivity contribution is 6.39. The van der Waals surface area contributed by atoms with Crippen LogP contribution in [0.25, 0.3) is 27.7 Å². The monoisotopic (exact) mass is 816 g/mol. The van der Waals surface area contributed by atoms with Crippen LogP contribution in [-0.2, 0) is 4.79 Å². The number of hydrogen-bond donors (Lipinski definition) is 1. The van der Waals surface area contributed by atoms with Gasteiger partial charge in [0, 0.05) is 55.8 Å². The molecule has 3 heterocycles. The lowest BCUT2D eigenvalue weighted by molar-refractivity contribution is -0.128. The number of piperazine rings is 1. The molecule has 2 N–H and O–H groups in total. The second kappa shape index (κ2) is 16.6. The summed E-state index contributed by atoms with van der Waals surface area (Å²) in [6, 6.07) is 2.10. The number of nitrogens with two attached hydrogens (primary N) is 1. The molecule has 2 unspecified atom stereocenters. The number of nitrogens with zero attached hydrogens (tertiary/aromatic N) is 7. The maximum atomic E-state index is 18.1. The van der Waals surface area contributed by atoms with Gasteiger partial charge in [-0.15, -0.1) is 0 Å². The molecule has 1 fully saturated rings. The first-order valence-corrected chi connectivity index (χ1v) is 19.4. The van der Waals surface area contributed by atoms with Crippen LogP contribution < -0.4 is 21.1 Å². The van der Waals surface area contributed by atoms with Crippen molar-refractivity contribution in [1.29, 1.82) is 0 Å². The van der Waals surface area contributed by atoms with Gasteiger partial charge in [0.2, 0.25) is 5.91 Å². The van der Waals surface area contributed by atoms with Crippen molar-refractivity contribution in [2.75, 3.05) is 69.4 Å². The summed E-state index contributed by atoms with van der Waals surface area (Å²) in [5, 5.41) is -0.380. The predicted octanol–water partition coefficient (Wildman–Crippen LogP) is 8.10. The van der Waals surface area contributed by atoms with Crippen molar-refractivity contribution in [3.05, 3.63) is 67.5 Å². The number of hydrogen-bond acceptors (Lipinski definition) is 8. The number of fused-ring (bicyclic) bond motifs is 5. The fourth-order valence-corrected chi connectivity index (χ4v) is 8.61. The van der Waals surface area contributed by atoms with E-state index in [0.29, 0.717) is 55.4 Å². The first-order valence-electron chi connectivity index (χ1n) is 18.2. The number of aliphatic imine (C=N–C) groups is 2. The van der Waals surface area contributed by atoms with Crippen LogP contribution in [0, 0.1) is 23.5 Å². The molecule has 0 aliphatic carbocycles. The summed E-state index contributed by atoms with van der Waals surface area (Å²) >= 11 is 19.6. The Morgan fingerprint density at radius 3 is 2.25 bits per heavy atom. The smallest absolute Gasteiger partial charge is 0.281 e. The van der Waals surface area contributed by atoms with Crippen molar-refractivity contribution in [2.24, 2.45) is 21.8 Å². The third-order valence-corrected chi connectivity index (χ3v) is 11.2. The molecule has 0 bridgehead atoms. The van der Waals surface area contributed by atoms with E-state index in [4.69, 9.17) is 40.5 Å². The zero-order valence-corrected chi connectivity index (χ0v) is 34.9. The molecule has 3 aromatic rings. The van der Waals surface area contributed by atoms with Crippen LogP contribution in [0.3, 0.4) is 0 Å². The van der Waals surface area contributed by atoms with Crippen LogP contribution in [0.1, 0.15) is 41.0 Å². The topological polar surface area (TPSA) is 103 Å². The summed E-state index contributed by atoms with van der Waals surface area (Å²) < 4.78 is 35.4. The van der Waals surface area contributed by atoms with Gasteiger partial charge in [-0.1, -0.05) is 69.1 Å². The minimum absolute atomic E-state index is 0.101. The molecule has 2 aliphatic rings. The second-order valence-corrected chi connectivity index (χ2v) is 16.2. The van der Waals surface area contributed by atoms with E-state index in [1.807, 2.05) is 53.6 Å². The van der Waals surface area contributed by atoms with Crippen molar-refractivity contribution in [3.63, 3.8) is 0 Å². The Morgan fingerprint density at radius 2 is 1.69 bits per heavy atom. The number of carbonyl (C=O) groups is 1. The van der Waals surface area contributed by atoms with E-state index in [0.717, 1.165) is 12.6 Å². The molecule has 1 aromatic heterocycles. The standard InChI is InChI=1S/C40H49Cl3F2N8O2/c1-11-28(54)51-19-23-18-50(14-12-13-49(9)10)39-37(52(23)17-22(51)6)24-15-25(41)29(30-31(44)26(42)16-27(43)33(30)46)32(45)36(24)53(40(39)55)38(34(47-7)20(2)3)35(48-8)21(4)5/h11,15-16,20-23H,1,7,12-14,17-19,46H2,2-6,8-10H3/b38-34+,48-35?. The average molecular weight is 818 g/mol. The molecule has 55 heavy (non-hydrogen) atoms. The summed E-state index contributed by atoms with van der Waals surface area (Å²) in [6.45, 7) is 19.4. The Balaban J connectivity index is 2.05. The van der Waals surface area contributed by atoms with Crippen molar-refractivity contribution in [3.8, 4) is 11.1 Å². The van der Waals surface area contributed by atoms with E-state index in [1.54, 1.807) is 11.9 Å². The Labute approximate surface area is 336 Å². The third-order valence-electron chi connectivity index (χ3n) is 10.3. The highest BCUT2D eigenvalue weighted by Crippen LogP contribution is 2.49. The first kappa shape index (κ1) is 42.2. The largest absolute Gasteiger partial charge is 0.397 e. The molecular weight excluding hydrogens is 769 g/mol. The second-order valence-electron chi connectivity index (χ2n) is 15.0. The van der Waals surface area contributed by atoms with Gasteiger partial charge in [-0.2, -0.15) is 0 Å². The van der Waals surface area contributed by atoms with Gasteiger partial charge in [0.05, 0.1) is 55.1 Å². The van der Waals surface area contributed by atoms with E-state index in [2.05, 4.69) is 33.1 Å². The number of halogens is 5. The zero-order valence-electron chi connectivity index (χ0n) is 32.6. The highest BCUT2D eigenvalue weighted by Gasteiger charge is 2.43. The minimum Gasteiger partial charge on any atom is -0.397 e. The van der Waals surface area contributed by atoms with Crippen molar-refractivity contribution in [1.82, 2.24) is 14.4 Å². The third kappa shape index (κ3) is 7.50. The molecule has 0 spiro atoms. The number of rotatable bonds is 11. The summed E-state index contributed by atoms with van der Waals surface area (Å²) in [6.07, 6.45) is 2.00. The summed E-state index contributed by atoms with van der Waals surface area (Å²) in [5.74, 6) is -2.79. The van der Waals surface area contributed by atoms with Gasteiger partial charge in [0.15, 0.2) is 11.6 Å². The van der Waals surface area contributed by atoms with Crippen LogP contribution >= 0.6 is 34.8 Å². The Kier molecular flexibility index (Phi) is 12.8. The van der Waals surface area contributed by atoms with Crippen LogP contribution in [-0.4, -0.2) is 98.7 Å². The SMILES string of the molecule is C=CC(=O)N1CC2CN(CCCN(C)C)c3c(c4cc(Cl)c(-c5c(N)c(Cl)cc(Cl)c5F)c(F)c4n(/C(C(=NC)C(C)C)=C(/N=C)C(C)C)c3=O)N2CC1C. The number of pyridine rings is 1. The van der Waals surface area contributed by atoms with E-state index in [-0.39, 0.29) is 67.2 Å². The highest BCUT2D eigenvalue weighted by atomic mass is 35.5. The normalized spacial score (nSPS) is 18.0. The summed E-state index contributed by atoms with van der Waals surface area (Å²) in [5.41, 5.74) is 6.41. The van der Waals surface area contributed by atoms with Crippen LogP contribution in [0.4, 0.5) is 25.8 Å². The van der Waals surface area contributed by atoms with Crippen LogP contribution in [0.15, 0.2) is 45.3 Å². The summed E-state index contributed by atoms with van der Waals surface area (Å²) in [4.78, 5) is 45.6.